The number of carboxylic acid groups (broad SMARTS) is 1. The highest BCUT2D eigenvalue weighted by Crippen LogP contribution is 2.31. The van der Waals surface area contributed by atoms with E-state index in [9.17, 15) is 19.5 Å². The summed E-state index contributed by atoms with van der Waals surface area (Å²) in [4.78, 5) is 54.4. The number of likely N-dealkylation sites (tertiary alicyclic amines) is 1. The summed E-state index contributed by atoms with van der Waals surface area (Å²) in [5, 5.41) is 21.9. The molecule has 1 aromatic carbocycles. The lowest BCUT2D eigenvalue weighted by Crippen LogP contribution is -2.47. The van der Waals surface area contributed by atoms with E-state index in [2.05, 4.69) is 42.5 Å². The van der Waals surface area contributed by atoms with E-state index in [4.69, 9.17) is 31.9 Å². The maximum atomic E-state index is 13.4. The number of hydrogen-bond acceptors (Lipinski definition) is 11. The summed E-state index contributed by atoms with van der Waals surface area (Å²) in [6, 6.07) is 7.01. The second-order valence-corrected chi connectivity index (χ2v) is 16.1. The largest absolute Gasteiger partial charge is 0.481 e. The van der Waals surface area contributed by atoms with Crippen molar-refractivity contribution in [3.8, 4) is 12.3 Å². The van der Waals surface area contributed by atoms with Gasteiger partial charge in [-0.05, 0) is 114 Å². The van der Waals surface area contributed by atoms with E-state index in [1.165, 1.54) is 51.4 Å². The second kappa shape index (κ2) is 35.8. The number of rotatable bonds is 20. The molecule has 2 rings (SSSR count). The molecule has 3 unspecified atom stereocenters. The van der Waals surface area contributed by atoms with Crippen LogP contribution in [0.25, 0.3) is 0 Å². The number of nitrogens with zero attached hydrogens (tertiary/aromatic N) is 2. The number of hydroxylamine groups is 2. The van der Waals surface area contributed by atoms with Crippen molar-refractivity contribution in [1.29, 1.82) is 5.41 Å². The highest BCUT2D eigenvalue weighted by molar-refractivity contribution is 8.16. The van der Waals surface area contributed by atoms with Crippen LogP contribution in [0.5, 0.6) is 0 Å². The minimum Gasteiger partial charge on any atom is -0.481 e. The zero-order valence-corrected chi connectivity index (χ0v) is 38.4. The lowest BCUT2D eigenvalue weighted by molar-refractivity contribution is -0.209. The summed E-state index contributed by atoms with van der Waals surface area (Å²) in [5.74, 6) is 0.968. The van der Waals surface area contributed by atoms with Gasteiger partial charge < -0.3 is 31.9 Å². The van der Waals surface area contributed by atoms with Gasteiger partial charge in [0.15, 0.2) is 6.10 Å². The molecule has 0 spiro atoms. The predicted molar refractivity (Wildman–Crippen MR) is 245 cm³/mol. The molecule has 0 aromatic heterocycles. The van der Waals surface area contributed by atoms with Gasteiger partial charge >= 0.3 is 11.9 Å². The minimum absolute atomic E-state index is 0.0625. The van der Waals surface area contributed by atoms with Gasteiger partial charge in [0.05, 0.1) is 18.1 Å². The first-order chi connectivity index (χ1) is 27.9. The Hall–Kier alpha value is -4.16. The van der Waals surface area contributed by atoms with E-state index in [0.29, 0.717) is 37.8 Å². The number of anilines is 1. The fourth-order valence-corrected chi connectivity index (χ4v) is 6.49. The van der Waals surface area contributed by atoms with Crippen LogP contribution in [0.1, 0.15) is 112 Å². The van der Waals surface area contributed by atoms with Crippen molar-refractivity contribution in [2.24, 2.45) is 34.6 Å². The Morgan fingerprint density at radius 3 is 2.12 bits per heavy atom. The topological polar surface area (TPSA) is 215 Å². The number of benzene rings is 1. The molecule has 336 valence electrons. The fourth-order valence-electron chi connectivity index (χ4n) is 5.75. The Morgan fingerprint density at radius 2 is 1.68 bits per heavy atom. The van der Waals surface area contributed by atoms with Gasteiger partial charge in [-0.25, -0.2) is 5.06 Å². The molecule has 0 bridgehead atoms. The van der Waals surface area contributed by atoms with Crippen LogP contribution < -0.4 is 17.2 Å². The summed E-state index contributed by atoms with van der Waals surface area (Å²) in [6.45, 7) is 21.6. The summed E-state index contributed by atoms with van der Waals surface area (Å²) in [7, 11) is 3.69. The number of esters is 1. The number of nitrogen functional groups attached to an aromatic ring is 1. The van der Waals surface area contributed by atoms with E-state index in [1.807, 2.05) is 58.0 Å². The Labute approximate surface area is 360 Å². The molecule has 8 N–H and O–H groups in total. The highest BCUT2D eigenvalue weighted by atomic mass is 32.2. The standard InChI is InChI=1S/C35H53N3O6S.C6H13N.C2H4.CH3NO.CH5N/c1-9-11-12-18-43-38(32(40)20-25(5)10-2)30(24(3)4)22-31(44-26(6)39)33(37)45-19-17-28(23-35(7,8)34(41)42)21-27-13-15-29(36)16-14-27;1-7-5-3-2-4-6-7;1-2;2-1-3;1-2/h1,13-17,19,24-25,28,30-31,37H,10-12,18,20-23,36H2,2-8H3,(H,41,42);2-6H2,1H3;1-2H2;1H,(H2,2,3);2H2,1H3/b19-17+,37-33?;;;;/t25-,28?,30?,31?;;;;/m0..../s1. The first-order valence-electron chi connectivity index (χ1n) is 20.4. The molecule has 0 aliphatic carbocycles. The number of amides is 2. The molecule has 13 nitrogen and oxygen atoms in total. The lowest BCUT2D eigenvalue weighted by Gasteiger charge is -2.35. The number of ether oxygens (including phenoxy) is 1. The van der Waals surface area contributed by atoms with Gasteiger partial charge in [-0.3, -0.25) is 29.4 Å². The van der Waals surface area contributed by atoms with Gasteiger partial charge in [-0.2, -0.15) is 0 Å². The normalized spacial score (nSPS) is 14.3. The summed E-state index contributed by atoms with van der Waals surface area (Å²) >= 11 is 1.11. The molecule has 1 saturated heterocycles. The fraction of sp³-hybridized carbons (Fsp3) is 0.622. The SMILES string of the molecule is C#CCCCON(C(=O)C[C@@H](C)CC)C(CC(OC(C)=O)C(=N)S/C=C/C(Cc1ccc(N)cc1)CC(C)(C)C(=O)O)C(C)C.C=C.CN.CN1CCCCC1.NC=O. The van der Waals surface area contributed by atoms with E-state index < -0.39 is 29.5 Å². The van der Waals surface area contributed by atoms with E-state index in [-0.39, 0.29) is 48.1 Å². The summed E-state index contributed by atoms with van der Waals surface area (Å²) < 4.78 is 5.62. The van der Waals surface area contributed by atoms with Gasteiger partial charge in [0, 0.05) is 31.9 Å². The van der Waals surface area contributed by atoms with Crippen molar-refractivity contribution < 1.29 is 33.9 Å². The van der Waals surface area contributed by atoms with Crippen LogP contribution in [0, 0.1) is 40.9 Å². The number of carbonyl (C=O) groups is 4. The molecule has 1 heterocycles. The number of hydrogen-bond donors (Lipinski definition) is 5. The summed E-state index contributed by atoms with van der Waals surface area (Å²) in [6.07, 6.45) is 14.3. The molecule has 14 heteroatoms. The molecule has 2 amide bonds. The zero-order valence-electron chi connectivity index (χ0n) is 37.5. The molecule has 4 atom stereocenters. The minimum atomic E-state index is -0.961. The Balaban J connectivity index is -0.00000192. The number of primary amides is 1. The van der Waals surface area contributed by atoms with Crippen LogP contribution in [0.4, 0.5) is 5.69 Å². The molecule has 0 radical (unpaired) electrons. The second-order valence-electron chi connectivity index (χ2n) is 15.1. The maximum Gasteiger partial charge on any atom is 0.309 e. The van der Waals surface area contributed by atoms with Crippen molar-refractivity contribution in [1.82, 2.24) is 9.96 Å². The maximum absolute atomic E-state index is 13.4. The van der Waals surface area contributed by atoms with E-state index in [0.717, 1.165) is 23.7 Å². The molecule has 0 saturated carbocycles. The molecular formula is C45H78N6O7S. The molecule has 1 aromatic rings. The number of thioether (sulfide) groups is 1. The van der Waals surface area contributed by atoms with Crippen molar-refractivity contribution in [2.45, 2.75) is 125 Å². The smallest absolute Gasteiger partial charge is 0.309 e. The van der Waals surface area contributed by atoms with E-state index >= 15 is 0 Å². The number of carbonyl (C=O) groups excluding carboxylic acids is 3. The number of unbranched alkanes of at least 4 members (excludes halogenated alkanes) is 1. The number of terminal acetylenes is 1. The van der Waals surface area contributed by atoms with Crippen LogP contribution >= 0.6 is 11.8 Å². The predicted octanol–water partition coefficient (Wildman–Crippen LogP) is 7.69. The van der Waals surface area contributed by atoms with E-state index in [1.54, 1.807) is 19.3 Å². The van der Waals surface area contributed by atoms with Crippen LogP contribution in [0.3, 0.4) is 0 Å². The number of piperidine rings is 1. The Morgan fingerprint density at radius 1 is 1.12 bits per heavy atom. The van der Waals surface area contributed by atoms with Gasteiger partial charge in [0.25, 0.3) is 0 Å². The van der Waals surface area contributed by atoms with Crippen molar-refractivity contribution in [2.75, 3.05) is 39.5 Å². The molecule has 1 aliphatic heterocycles. The number of nitrogens with one attached hydrogen (secondary N) is 1. The van der Waals surface area contributed by atoms with Crippen molar-refractivity contribution in [3.05, 3.63) is 54.5 Å². The Kier molecular flexibility index (Phi) is 35.8. The number of allylic oxidation sites excluding steroid dienone is 1. The van der Waals surface area contributed by atoms with Crippen LogP contribution in [-0.2, 0) is 35.2 Å². The number of nitrogens with two attached hydrogens (primary N) is 3. The third-order valence-electron chi connectivity index (χ3n) is 9.24. The zero-order chi connectivity index (χ0) is 46.0. The first-order valence-corrected chi connectivity index (χ1v) is 21.3. The van der Waals surface area contributed by atoms with Gasteiger partial charge in [-0.1, -0.05) is 70.5 Å². The summed E-state index contributed by atoms with van der Waals surface area (Å²) in [5.41, 5.74) is 15.2. The number of aliphatic carboxylic acids is 1. The quantitative estimate of drug-likeness (QED) is 0.00987. The molecule has 1 fully saturated rings. The highest BCUT2D eigenvalue weighted by Gasteiger charge is 2.34. The Bertz CT molecular complexity index is 1380. The van der Waals surface area contributed by atoms with Crippen LogP contribution in [0.2, 0.25) is 0 Å². The van der Waals surface area contributed by atoms with Gasteiger partial charge in [0.1, 0.15) is 5.04 Å². The van der Waals surface area contributed by atoms with Gasteiger partial charge in [0.2, 0.25) is 12.3 Å². The first kappa shape index (κ1) is 59.2. The van der Waals surface area contributed by atoms with Crippen LogP contribution in [0.15, 0.2) is 48.9 Å². The molecular weight excluding hydrogens is 769 g/mol. The monoisotopic (exact) mass is 847 g/mol. The van der Waals surface area contributed by atoms with Crippen molar-refractivity contribution >= 4 is 46.7 Å². The number of carboxylic acids is 1. The lowest BCUT2D eigenvalue weighted by atomic mass is 9.80. The van der Waals surface area contributed by atoms with Crippen LogP contribution in [-0.4, -0.2) is 90.3 Å². The molecule has 59 heavy (non-hydrogen) atoms. The van der Waals surface area contributed by atoms with Crippen molar-refractivity contribution in [3.63, 3.8) is 0 Å². The third kappa shape index (κ3) is 28.8. The average molecular weight is 847 g/mol. The molecule has 1 aliphatic rings. The van der Waals surface area contributed by atoms with Gasteiger partial charge in [-0.15, -0.1) is 25.5 Å². The average Bonchev–Trinajstić information content (AvgIpc) is 3.19. The third-order valence-corrected chi connectivity index (χ3v) is 10.1.